The summed E-state index contributed by atoms with van der Waals surface area (Å²) in [5.74, 6) is -0.566. The molecule has 0 saturated carbocycles. The highest BCUT2D eigenvalue weighted by Gasteiger charge is 2.22. The fourth-order valence-electron chi connectivity index (χ4n) is 3.58. The molecule has 10 nitrogen and oxygen atoms in total. The van der Waals surface area contributed by atoms with Crippen LogP contribution in [0.1, 0.15) is 18.9 Å². The zero-order chi connectivity index (χ0) is 25.4. The number of hydrogen-bond donors (Lipinski definition) is 4. The molecule has 2 aromatic rings. The minimum atomic E-state index is -1.20. The number of carbonyl (C=O) groups is 1. The molecule has 2 aromatic heterocycles. The zero-order valence-corrected chi connectivity index (χ0v) is 20.2. The summed E-state index contributed by atoms with van der Waals surface area (Å²) in [4.78, 5) is 21.3. The van der Waals surface area contributed by atoms with Crippen LogP contribution in [0.4, 0.5) is 36.7 Å². The van der Waals surface area contributed by atoms with Gasteiger partial charge in [0.25, 0.3) is 0 Å². The second-order valence-electron chi connectivity index (χ2n) is 7.85. The van der Waals surface area contributed by atoms with Gasteiger partial charge < -0.3 is 30.7 Å². The number of nitrogens with one attached hydrogen (secondary N) is 3. The first-order valence-electron chi connectivity index (χ1n) is 10.9. The summed E-state index contributed by atoms with van der Waals surface area (Å²) in [5, 5.41) is 26.7. The van der Waals surface area contributed by atoms with Crippen molar-refractivity contribution in [1.82, 2.24) is 15.3 Å². The van der Waals surface area contributed by atoms with Crippen molar-refractivity contribution in [2.24, 2.45) is 0 Å². The van der Waals surface area contributed by atoms with Crippen molar-refractivity contribution in [2.45, 2.75) is 25.4 Å². The number of amides is 1. The molecule has 0 unspecified atom stereocenters. The van der Waals surface area contributed by atoms with Crippen molar-refractivity contribution in [3.63, 3.8) is 0 Å². The van der Waals surface area contributed by atoms with E-state index in [0.717, 1.165) is 6.07 Å². The monoisotopic (exact) mass is 507 g/mol. The highest BCUT2D eigenvalue weighted by Crippen LogP contribution is 2.27. The summed E-state index contributed by atoms with van der Waals surface area (Å²) in [7, 11) is 0. The molecule has 13 heteroatoms. The van der Waals surface area contributed by atoms with Gasteiger partial charge in [0.2, 0.25) is 0 Å². The van der Waals surface area contributed by atoms with E-state index < -0.39 is 29.8 Å². The minimum absolute atomic E-state index is 0.0131. The van der Waals surface area contributed by atoms with E-state index in [9.17, 15) is 18.8 Å². The Bertz CT molecular complexity index is 1080. The van der Waals surface area contributed by atoms with Crippen LogP contribution in [0.3, 0.4) is 0 Å². The molecule has 3 heterocycles. The highest BCUT2D eigenvalue weighted by atomic mass is 32.2. The number of anilines is 4. The third-order valence-corrected chi connectivity index (χ3v) is 6.05. The maximum absolute atomic E-state index is 14.8. The van der Waals surface area contributed by atoms with Gasteiger partial charge in [-0.2, -0.15) is 17.0 Å². The number of thioether (sulfide) groups is 1. The van der Waals surface area contributed by atoms with Crippen LogP contribution in [0.15, 0.2) is 18.3 Å². The number of halogens is 2. The van der Waals surface area contributed by atoms with Crippen molar-refractivity contribution in [2.75, 3.05) is 53.8 Å². The van der Waals surface area contributed by atoms with Crippen molar-refractivity contribution in [3.05, 3.63) is 35.5 Å². The van der Waals surface area contributed by atoms with Crippen molar-refractivity contribution in [3.8, 4) is 6.07 Å². The number of carboxylic acid groups (broad SMARTS) is 1. The first-order valence-corrected chi connectivity index (χ1v) is 12.3. The summed E-state index contributed by atoms with van der Waals surface area (Å²) in [6.07, 6.45) is 2.66. The Morgan fingerprint density at radius 2 is 2.06 bits per heavy atom. The average molecular weight is 508 g/mol. The normalized spacial score (nSPS) is 15.1. The van der Waals surface area contributed by atoms with Gasteiger partial charge in [-0.15, -0.1) is 0 Å². The standard InChI is InChI=1S/C22H27F2N7O3S/c1-13(27-22(32)33)18(3-8-35-2)29-20-16(23)9-14(11-25)19(30-20)28-15-10-17(24)21(26-12-15)31-4-6-34-7-5-31/h9-10,12-13,18,27H,3-8H2,1-2H3,(H,32,33)(H2,28,29,30)/t13-,18-/m0/s1. The molecule has 1 fully saturated rings. The van der Waals surface area contributed by atoms with Crippen LogP contribution >= 0.6 is 11.8 Å². The summed E-state index contributed by atoms with van der Waals surface area (Å²) in [6.45, 7) is 3.69. The van der Waals surface area contributed by atoms with Crippen LogP contribution in [-0.2, 0) is 4.74 Å². The van der Waals surface area contributed by atoms with E-state index in [1.165, 1.54) is 12.3 Å². The third-order valence-electron chi connectivity index (χ3n) is 5.40. The molecule has 1 saturated heterocycles. The topological polar surface area (TPSA) is 135 Å². The Morgan fingerprint density at radius 3 is 2.69 bits per heavy atom. The van der Waals surface area contributed by atoms with Crippen molar-refractivity contribution in [1.29, 1.82) is 5.26 Å². The van der Waals surface area contributed by atoms with E-state index in [0.29, 0.717) is 38.5 Å². The smallest absolute Gasteiger partial charge is 0.404 e. The molecule has 1 aliphatic rings. The summed E-state index contributed by atoms with van der Waals surface area (Å²) < 4.78 is 34.8. The number of nitriles is 1. The molecule has 0 spiro atoms. The lowest BCUT2D eigenvalue weighted by atomic mass is 10.1. The molecular weight excluding hydrogens is 480 g/mol. The lowest BCUT2D eigenvalue weighted by molar-refractivity contribution is 0.122. The fraction of sp³-hybridized carbons (Fsp3) is 0.455. The molecule has 0 radical (unpaired) electrons. The number of hydrogen-bond acceptors (Lipinski definition) is 9. The van der Waals surface area contributed by atoms with E-state index in [1.807, 2.05) is 12.3 Å². The average Bonchev–Trinajstić information content (AvgIpc) is 2.83. The van der Waals surface area contributed by atoms with Crippen LogP contribution in [-0.4, -0.2) is 71.6 Å². The van der Waals surface area contributed by atoms with E-state index >= 15 is 0 Å². The van der Waals surface area contributed by atoms with Crippen molar-refractivity contribution < 1.29 is 23.4 Å². The minimum Gasteiger partial charge on any atom is -0.465 e. The van der Waals surface area contributed by atoms with Crippen LogP contribution in [0.2, 0.25) is 0 Å². The number of aromatic nitrogens is 2. The predicted molar refractivity (Wildman–Crippen MR) is 130 cm³/mol. The van der Waals surface area contributed by atoms with Crippen LogP contribution in [0.25, 0.3) is 0 Å². The quantitative estimate of drug-likeness (QED) is 0.379. The molecule has 0 aromatic carbocycles. The molecular formula is C22H27F2N7O3S. The maximum Gasteiger partial charge on any atom is 0.404 e. The largest absolute Gasteiger partial charge is 0.465 e. The first kappa shape index (κ1) is 26.2. The summed E-state index contributed by atoms with van der Waals surface area (Å²) in [5.41, 5.74) is 0.156. The number of rotatable bonds is 10. The molecule has 35 heavy (non-hydrogen) atoms. The van der Waals surface area contributed by atoms with Gasteiger partial charge in [0.15, 0.2) is 29.1 Å². The van der Waals surface area contributed by atoms with E-state index in [1.54, 1.807) is 23.6 Å². The second-order valence-corrected chi connectivity index (χ2v) is 8.84. The number of nitrogens with zero attached hydrogens (tertiary/aromatic N) is 4. The summed E-state index contributed by atoms with van der Waals surface area (Å²) >= 11 is 1.57. The van der Waals surface area contributed by atoms with Gasteiger partial charge in [0.1, 0.15) is 6.07 Å². The van der Waals surface area contributed by atoms with Gasteiger partial charge in [-0.3, -0.25) is 0 Å². The molecule has 3 rings (SSSR count). The van der Waals surface area contributed by atoms with Gasteiger partial charge in [-0.25, -0.2) is 23.5 Å². The highest BCUT2D eigenvalue weighted by molar-refractivity contribution is 7.98. The molecule has 188 valence electrons. The Morgan fingerprint density at radius 1 is 1.31 bits per heavy atom. The Kier molecular flexibility index (Phi) is 9.27. The van der Waals surface area contributed by atoms with Gasteiger partial charge in [0, 0.05) is 31.2 Å². The fourth-order valence-corrected chi connectivity index (χ4v) is 4.07. The third kappa shape index (κ3) is 7.06. The molecule has 4 N–H and O–H groups in total. The predicted octanol–water partition coefficient (Wildman–Crippen LogP) is 3.40. The van der Waals surface area contributed by atoms with Crippen LogP contribution in [0.5, 0.6) is 0 Å². The van der Waals surface area contributed by atoms with Gasteiger partial charge >= 0.3 is 6.09 Å². The van der Waals surface area contributed by atoms with E-state index in [-0.39, 0.29) is 28.7 Å². The number of pyridine rings is 2. The number of ether oxygens (including phenoxy) is 1. The van der Waals surface area contributed by atoms with Gasteiger partial charge in [-0.05, 0) is 31.4 Å². The summed E-state index contributed by atoms with van der Waals surface area (Å²) in [6, 6.07) is 3.12. The van der Waals surface area contributed by atoms with Crippen molar-refractivity contribution >= 4 is 41.0 Å². The lowest BCUT2D eigenvalue weighted by Crippen LogP contribution is -2.45. The SMILES string of the molecule is CSCC[C@H](Nc1nc(Nc2cnc(N3CCOCC3)c(F)c2)c(C#N)cc1F)[C@H](C)NC(=O)O. The number of morpholine rings is 1. The van der Waals surface area contributed by atoms with Gasteiger partial charge in [0.05, 0.1) is 30.7 Å². The molecule has 2 atom stereocenters. The Labute approximate surface area is 206 Å². The van der Waals surface area contributed by atoms with Gasteiger partial charge in [-0.1, -0.05) is 0 Å². The molecule has 1 amide bonds. The zero-order valence-electron chi connectivity index (χ0n) is 19.3. The molecule has 0 aliphatic carbocycles. The first-order chi connectivity index (χ1) is 16.8. The molecule has 1 aliphatic heterocycles. The Hall–Kier alpha value is -3.37. The Balaban J connectivity index is 1.84. The van der Waals surface area contributed by atoms with Crippen LogP contribution < -0.4 is 20.9 Å². The lowest BCUT2D eigenvalue weighted by Gasteiger charge is -2.28. The second kappa shape index (κ2) is 12.4. The van der Waals surface area contributed by atoms with E-state index in [4.69, 9.17) is 9.84 Å². The van der Waals surface area contributed by atoms with Crippen LogP contribution in [0, 0.1) is 23.0 Å². The van der Waals surface area contributed by atoms with E-state index in [2.05, 4.69) is 25.9 Å². The maximum atomic E-state index is 14.8. The molecule has 0 bridgehead atoms.